The van der Waals surface area contributed by atoms with E-state index in [0.717, 1.165) is 11.1 Å². The third-order valence-corrected chi connectivity index (χ3v) is 4.89. The van der Waals surface area contributed by atoms with Gasteiger partial charge in [0.2, 0.25) is 11.8 Å². The summed E-state index contributed by atoms with van der Waals surface area (Å²) >= 11 is 7.37. The number of carbonyl (C=O) groups excluding carboxylic acids is 1. The molecular weight excluding hydrogens is 370 g/mol. The van der Waals surface area contributed by atoms with Gasteiger partial charge in [-0.25, -0.2) is 0 Å². The molecule has 26 heavy (non-hydrogen) atoms. The highest BCUT2D eigenvalue weighted by atomic mass is 35.5. The van der Waals surface area contributed by atoms with Gasteiger partial charge in [-0.2, -0.15) is 0 Å². The Bertz CT molecular complexity index is 870. The van der Waals surface area contributed by atoms with Crippen molar-refractivity contribution >= 4 is 29.3 Å². The molecule has 1 amide bonds. The van der Waals surface area contributed by atoms with Crippen LogP contribution in [0.5, 0.6) is 0 Å². The monoisotopic (exact) mass is 387 g/mol. The molecule has 0 aliphatic carbocycles. The molecule has 3 rings (SSSR count). The SMILES string of the molecule is C[C@@H](NC(=O)CSc1nnc(Cc2ccccc2)o1)c1ccccc1Cl. The van der Waals surface area contributed by atoms with Gasteiger partial charge >= 0.3 is 0 Å². The second-order valence-electron chi connectivity index (χ2n) is 5.72. The number of nitrogens with zero attached hydrogens (tertiary/aromatic N) is 2. The van der Waals surface area contributed by atoms with E-state index in [2.05, 4.69) is 15.5 Å². The Kier molecular flexibility index (Phi) is 6.30. The quantitative estimate of drug-likeness (QED) is 0.613. The van der Waals surface area contributed by atoms with E-state index in [1.54, 1.807) is 6.07 Å². The highest BCUT2D eigenvalue weighted by molar-refractivity contribution is 7.99. The molecule has 0 unspecified atom stereocenters. The van der Waals surface area contributed by atoms with E-state index in [4.69, 9.17) is 16.0 Å². The fraction of sp³-hybridized carbons (Fsp3) is 0.211. The first kappa shape index (κ1) is 18.5. The Labute approximate surface area is 161 Å². The molecule has 0 fully saturated rings. The van der Waals surface area contributed by atoms with E-state index in [1.807, 2.05) is 55.5 Å². The van der Waals surface area contributed by atoms with E-state index in [9.17, 15) is 4.79 Å². The van der Waals surface area contributed by atoms with E-state index >= 15 is 0 Å². The van der Waals surface area contributed by atoms with Crippen molar-refractivity contribution in [2.24, 2.45) is 0 Å². The van der Waals surface area contributed by atoms with Gasteiger partial charge in [-0.05, 0) is 24.1 Å². The minimum absolute atomic E-state index is 0.120. The summed E-state index contributed by atoms with van der Waals surface area (Å²) in [6.07, 6.45) is 0.574. The molecule has 134 valence electrons. The van der Waals surface area contributed by atoms with Crippen LogP contribution < -0.4 is 5.32 Å². The molecule has 0 aliphatic heterocycles. The van der Waals surface area contributed by atoms with E-state index in [1.165, 1.54) is 11.8 Å². The molecule has 1 N–H and O–H groups in total. The van der Waals surface area contributed by atoms with Crippen LogP contribution in [0.25, 0.3) is 0 Å². The van der Waals surface area contributed by atoms with Crippen molar-refractivity contribution < 1.29 is 9.21 Å². The normalized spacial score (nSPS) is 11.9. The molecule has 5 nitrogen and oxygen atoms in total. The molecule has 0 saturated carbocycles. The molecule has 0 aliphatic rings. The summed E-state index contributed by atoms with van der Waals surface area (Å²) < 4.78 is 5.59. The zero-order chi connectivity index (χ0) is 18.4. The predicted octanol–water partition coefficient (Wildman–Crippen LogP) is 4.28. The van der Waals surface area contributed by atoms with Gasteiger partial charge in [-0.3, -0.25) is 4.79 Å². The number of halogens is 1. The third kappa shape index (κ3) is 5.09. The number of nitrogens with one attached hydrogen (secondary N) is 1. The van der Waals surface area contributed by atoms with Crippen molar-refractivity contribution in [3.8, 4) is 0 Å². The molecule has 3 aromatic rings. The summed E-state index contributed by atoms with van der Waals surface area (Å²) in [5.41, 5.74) is 1.98. The highest BCUT2D eigenvalue weighted by Crippen LogP contribution is 2.23. The lowest BCUT2D eigenvalue weighted by molar-refractivity contribution is -0.119. The molecule has 7 heteroatoms. The summed E-state index contributed by atoms with van der Waals surface area (Å²) in [4.78, 5) is 12.1. The molecule has 1 aromatic heterocycles. The Morgan fingerprint density at radius 3 is 2.65 bits per heavy atom. The van der Waals surface area contributed by atoms with Crippen LogP contribution in [0.1, 0.15) is 30.0 Å². The highest BCUT2D eigenvalue weighted by Gasteiger charge is 2.14. The summed E-state index contributed by atoms with van der Waals surface area (Å²) in [6, 6.07) is 17.2. The van der Waals surface area contributed by atoms with Crippen molar-refractivity contribution in [3.63, 3.8) is 0 Å². The number of aromatic nitrogens is 2. The summed E-state index contributed by atoms with van der Waals surface area (Å²) in [5, 5.41) is 11.9. The first-order valence-corrected chi connectivity index (χ1v) is 9.51. The lowest BCUT2D eigenvalue weighted by atomic mass is 10.1. The molecule has 1 atom stereocenters. The van der Waals surface area contributed by atoms with Crippen LogP contribution in [0.4, 0.5) is 0 Å². The van der Waals surface area contributed by atoms with E-state index in [-0.39, 0.29) is 17.7 Å². The molecule has 2 aromatic carbocycles. The zero-order valence-electron chi connectivity index (χ0n) is 14.2. The molecule has 0 saturated heterocycles. The second kappa shape index (κ2) is 8.87. The predicted molar refractivity (Wildman–Crippen MR) is 102 cm³/mol. The Hall–Kier alpha value is -2.31. The number of rotatable bonds is 7. The fourth-order valence-corrected chi connectivity index (χ4v) is 3.34. The average molecular weight is 388 g/mol. The lowest BCUT2D eigenvalue weighted by Gasteiger charge is -2.15. The minimum atomic E-state index is -0.173. The van der Waals surface area contributed by atoms with Crippen LogP contribution in [0.15, 0.2) is 64.2 Å². The average Bonchev–Trinajstić information content (AvgIpc) is 3.08. The number of hydrogen-bond donors (Lipinski definition) is 1. The summed E-state index contributed by atoms with van der Waals surface area (Å²) in [7, 11) is 0. The molecule has 0 bridgehead atoms. The molecule has 0 spiro atoms. The zero-order valence-corrected chi connectivity index (χ0v) is 15.8. The van der Waals surface area contributed by atoms with Gasteiger partial charge in [0.15, 0.2) is 0 Å². The van der Waals surface area contributed by atoms with Crippen LogP contribution >= 0.6 is 23.4 Å². The van der Waals surface area contributed by atoms with Gasteiger partial charge in [-0.1, -0.05) is 71.9 Å². The molecular formula is C19H18ClN3O2S. The van der Waals surface area contributed by atoms with Crippen LogP contribution in [-0.2, 0) is 11.2 Å². The number of thioether (sulfide) groups is 1. The Balaban J connectivity index is 1.50. The van der Waals surface area contributed by atoms with E-state index in [0.29, 0.717) is 22.6 Å². The Morgan fingerprint density at radius 1 is 1.15 bits per heavy atom. The number of carbonyl (C=O) groups is 1. The first-order valence-electron chi connectivity index (χ1n) is 8.14. The smallest absolute Gasteiger partial charge is 0.277 e. The van der Waals surface area contributed by atoms with Crippen molar-refractivity contribution in [2.45, 2.75) is 24.6 Å². The number of hydrogen-bond acceptors (Lipinski definition) is 5. The number of amides is 1. The van der Waals surface area contributed by atoms with Crippen LogP contribution in [0.2, 0.25) is 5.02 Å². The van der Waals surface area contributed by atoms with E-state index < -0.39 is 0 Å². The van der Waals surface area contributed by atoms with Gasteiger partial charge < -0.3 is 9.73 Å². The van der Waals surface area contributed by atoms with Gasteiger partial charge in [0, 0.05) is 5.02 Å². The lowest BCUT2D eigenvalue weighted by Crippen LogP contribution is -2.28. The minimum Gasteiger partial charge on any atom is -0.416 e. The summed E-state index contributed by atoms with van der Waals surface area (Å²) in [5.74, 6) is 0.607. The van der Waals surface area contributed by atoms with Gasteiger partial charge in [-0.15, -0.1) is 10.2 Å². The van der Waals surface area contributed by atoms with Gasteiger partial charge in [0.25, 0.3) is 5.22 Å². The van der Waals surface area contributed by atoms with Crippen molar-refractivity contribution in [2.75, 3.05) is 5.75 Å². The summed E-state index contributed by atoms with van der Waals surface area (Å²) in [6.45, 7) is 1.90. The van der Waals surface area contributed by atoms with Gasteiger partial charge in [0.1, 0.15) is 0 Å². The van der Waals surface area contributed by atoms with Crippen molar-refractivity contribution in [1.82, 2.24) is 15.5 Å². The standard InChI is InChI=1S/C19H18ClN3O2S/c1-13(15-9-5-6-10-16(15)20)21-17(24)12-26-19-23-22-18(25-19)11-14-7-3-2-4-8-14/h2-10,13H,11-12H2,1H3,(H,21,24)/t13-/m1/s1. The second-order valence-corrected chi connectivity index (χ2v) is 7.06. The van der Waals surface area contributed by atoms with Crippen LogP contribution in [-0.4, -0.2) is 21.9 Å². The van der Waals surface area contributed by atoms with Crippen molar-refractivity contribution in [1.29, 1.82) is 0 Å². The van der Waals surface area contributed by atoms with Crippen LogP contribution in [0.3, 0.4) is 0 Å². The Morgan fingerprint density at radius 2 is 1.88 bits per heavy atom. The van der Waals surface area contributed by atoms with Crippen molar-refractivity contribution in [3.05, 3.63) is 76.6 Å². The van der Waals surface area contributed by atoms with Gasteiger partial charge in [0.05, 0.1) is 18.2 Å². The largest absolute Gasteiger partial charge is 0.416 e. The topological polar surface area (TPSA) is 68.0 Å². The maximum Gasteiger partial charge on any atom is 0.277 e. The maximum atomic E-state index is 12.1. The first-order chi connectivity index (χ1) is 12.6. The number of benzene rings is 2. The van der Waals surface area contributed by atoms with Crippen LogP contribution in [0, 0.1) is 0 Å². The molecule has 0 radical (unpaired) electrons. The fourth-order valence-electron chi connectivity index (χ4n) is 2.45. The maximum absolute atomic E-state index is 12.1. The third-order valence-electron chi connectivity index (χ3n) is 3.72. The molecule has 1 heterocycles.